The molecule has 0 saturated carbocycles. The van der Waals surface area contributed by atoms with Gasteiger partial charge in [0.1, 0.15) is 0 Å². The third kappa shape index (κ3) is 10.8. The van der Waals surface area contributed by atoms with E-state index in [-0.39, 0.29) is 42.1 Å². The van der Waals surface area contributed by atoms with Crippen molar-refractivity contribution in [2.45, 2.75) is 4.08 Å². The SMILES string of the molecule is [Pt+2].[Pt+2].[S-]C([S-])(c1ccccn1)c1ccccn1.[c-]1ccccc1-c1ccccn1.[c-]1ccccc1-c1ccccn1. The molecule has 0 fully saturated rings. The summed E-state index contributed by atoms with van der Waals surface area (Å²) in [6.07, 6.45) is 6.95. The van der Waals surface area contributed by atoms with Gasteiger partial charge in [-0.1, -0.05) is 36.4 Å². The van der Waals surface area contributed by atoms with Crippen molar-refractivity contribution in [3.8, 4) is 22.5 Å². The quantitative estimate of drug-likeness (QED) is 0.142. The molecule has 8 heteroatoms. The van der Waals surface area contributed by atoms with Gasteiger partial charge in [-0.2, -0.15) is 4.08 Å². The Kier molecular flexibility index (Phi) is 15.5. The van der Waals surface area contributed by atoms with Crippen molar-refractivity contribution in [1.29, 1.82) is 0 Å². The summed E-state index contributed by atoms with van der Waals surface area (Å²) >= 11 is 10.7. The van der Waals surface area contributed by atoms with Crippen LogP contribution in [0.5, 0.6) is 0 Å². The van der Waals surface area contributed by atoms with Crippen molar-refractivity contribution in [2.24, 2.45) is 0 Å². The topological polar surface area (TPSA) is 51.6 Å². The fourth-order valence-electron chi connectivity index (χ4n) is 3.40. The van der Waals surface area contributed by atoms with Crippen LogP contribution in [0.3, 0.4) is 0 Å². The summed E-state index contributed by atoms with van der Waals surface area (Å²) in [6.45, 7) is 0. The largest absolute Gasteiger partial charge is 2.00 e. The van der Waals surface area contributed by atoms with Gasteiger partial charge in [-0.25, -0.2) is 0 Å². The number of pyridine rings is 4. The number of aromatic nitrogens is 4. The van der Waals surface area contributed by atoms with Crippen molar-refractivity contribution in [3.63, 3.8) is 0 Å². The van der Waals surface area contributed by atoms with E-state index in [0.29, 0.717) is 11.4 Å². The third-order valence-electron chi connectivity index (χ3n) is 5.30. The minimum atomic E-state index is -0.970. The summed E-state index contributed by atoms with van der Waals surface area (Å²) in [5, 5.41) is 0. The van der Waals surface area contributed by atoms with Gasteiger partial charge in [0.2, 0.25) is 0 Å². The number of hydrogen-bond acceptors (Lipinski definition) is 6. The standard InChI is InChI=1S/C11H10N2S2.2C11H8N.2Pt/c14-11(15,9-5-1-3-7-12-9)10-6-2-4-8-13-10;2*1-2-6-10(7-3-1)11-8-4-5-9-12-11;;/h1-8,14-15H;2*1-6,8-9H;;/q;2*-1;2*+2/p-2. The van der Waals surface area contributed by atoms with Crippen LogP contribution in [0.15, 0.2) is 146 Å². The van der Waals surface area contributed by atoms with E-state index < -0.39 is 4.08 Å². The zero-order chi connectivity index (χ0) is 27.2. The molecule has 0 amide bonds. The van der Waals surface area contributed by atoms with Crippen molar-refractivity contribution >= 4 is 25.3 Å². The summed E-state index contributed by atoms with van der Waals surface area (Å²) in [5.74, 6) is 0. The van der Waals surface area contributed by atoms with Gasteiger partial charge >= 0.3 is 42.1 Å². The molecular formula is C33H24N4Pt2S2. The number of nitrogens with zero attached hydrogens (tertiary/aromatic N) is 4. The van der Waals surface area contributed by atoms with Gasteiger partial charge in [-0.05, 0) is 47.8 Å². The first-order chi connectivity index (χ1) is 19.1. The molecule has 41 heavy (non-hydrogen) atoms. The molecule has 0 aliphatic carbocycles. The Morgan fingerprint density at radius 1 is 0.439 bits per heavy atom. The number of benzene rings is 2. The zero-order valence-corrected chi connectivity index (χ0v) is 27.8. The molecule has 4 aromatic heterocycles. The monoisotopic (exact) mass is 930 g/mol. The molecular weight excluding hydrogens is 907 g/mol. The van der Waals surface area contributed by atoms with Crippen LogP contribution >= 0.6 is 0 Å². The first-order valence-corrected chi connectivity index (χ1v) is 13.0. The van der Waals surface area contributed by atoms with Crippen LogP contribution in [0.2, 0.25) is 0 Å². The fourth-order valence-corrected chi connectivity index (χ4v) is 3.88. The van der Waals surface area contributed by atoms with E-state index in [4.69, 9.17) is 25.3 Å². The zero-order valence-electron chi connectivity index (χ0n) is 21.6. The van der Waals surface area contributed by atoms with Crippen LogP contribution < -0.4 is 0 Å². The van der Waals surface area contributed by atoms with E-state index in [1.54, 1.807) is 24.8 Å². The Bertz CT molecular complexity index is 1310. The first kappa shape index (κ1) is 34.3. The van der Waals surface area contributed by atoms with Gasteiger partial charge in [-0.3, -0.25) is 9.97 Å². The van der Waals surface area contributed by atoms with E-state index in [1.807, 2.05) is 121 Å². The molecule has 6 rings (SSSR count). The molecule has 6 aromatic rings. The van der Waals surface area contributed by atoms with Crippen molar-refractivity contribution in [1.82, 2.24) is 19.9 Å². The van der Waals surface area contributed by atoms with Gasteiger partial charge in [0.05, 0.1) is 0 Å². The molecule has 0 saturated heterocycles. The van der Waals surface area contributed by atoms with Gasteiger partial charge in [-0.15, -0.1) is 71.8 Å². The van der Waals surface area contributed by atoms with Crippen LogP contribution in [0.1, 0.15) is 11.4 Å². The average molecular weight is 931 g/mol. The molecule has 0 unspecified atom stereocenters. The number of rotatable bonds is 4. The predicted molar refractivity (Wildman–Crippen MR) is 161 cm³/mol. The van der Waals surface area contributed by atoms with Crippen LogP contribution in [-0.4, -0.2) is 19.9 Å². The van der Waals surface area contributed by atoms with E-state index in [1.165, 1.54) is 0 Å². The summed E-state index contributed by atoms with van der Waals surface area (Å²) in [4.78, 5) is 16.8. The van der Waals surface area contributed by atoms with Crippen LogP contribution in [0.25, 0.3) is 22.5 Å². The molecule has 0 spiro atoms. The van der Waals surface area contributed by atoms with Crippen LogP contribution in [0.4, 0.5) is 0 Å². The van der Waals surface area contributed by atoms with Crippen LogP contribution in [-0.2, 0) is 71.5 Å². The summed E-state index contributed by atoms with van der Waals surface area (Å²) in [5.41, 5.74) is 5.37. The van der Waals surface area contributed by atoms with E-state index in [0.717, 1.165) is 22.5 Å². The summed E-state index contributed by atoms with van der Waals surface area (Å²) in [6, 6.07) is 44.7. The van der Waals surface area contributed by atoms with Gasteiger partial charge in [0.15, 0.2) is 0 Å². The van der Waals surface area contributed by atoms with Gasteiger partial charge in [0.25, 0.3) is 0 Å². The molecule has 4 nitrogen and oxygen atoms in total. The summed E-state index contributed by atoms with van der Waals surface area (Å²) in [7, 11) is 0. The second-order valence-corrected chi connectivity index (χ2v) is 9.51. The summed E-state index contributed by atoms with van der Waals surface area (Å²) < 4.78 is -0.970. The molecule has 0 radical (unpaired) electrons. The molecule has 0 atom stereocenters. The Morgan fingerprint density at radius 3 is 1.10 bits per heavy atom. The average Bonchev–Trinajstić information content (AvgIpc) is 3.04. The van der Waals surface area contributed by atoms with E-state index in [9.17, 15) is 0 Å². The van der Waals surface area contributed by atoms with E-state index in [2.05, 4.69) is 32.1 Å². The smallest absolute Gasteiger partial charge is 0.800 e. The fraction of sp³-hybridized carbons (Fsp3) is 0.0303. The third-order valence-corrected chi connectivity index (χ3v) is 6.14. The van der Waals surface area contributed by atoms with Crippen LogP contribution in [0, 0.1) is 12.1 Å². The maximum atomic E-state index is 5.37. The normalized spacial score (nSPS) is 9.80. The molecule has 0 N–H and O–H groups in total. The minimum absolute atomic E-state index is 0. The van der Waals surface area contributed by atoms with Crippen molar-refractivity contribution < 1.29 is 42.1 Å². The maximum absolute atomic E-state index is 5.37. The van der Waals surface area contributed by atoms with Gasteiger partial charge in [0, 0.05) is 36.2 Å². The molecule has 2 aromatic carbocycles. The van der Waals surface area contributed by atoms with Crippen molar-refractivity contribution in [3.05, 3.63) is 170 Å². The molecule has 4 heterocycles. The molecule has 0 aliphatic rings. The Hall–Kier alpha value is -2.88. The first-order valence-electron chi connectivity index (χ1n) is 12.1. The molecule has 208 valence electrons. The van der Waals surface area contributed by atoms with Crippen molar-refractivity contribution in [2.75, 3.05) is 0 Å². The Labute approximate surface area is 281 Å². The predicted octanol–water partition coefficient (Wildman–Crippen LogP) is 6.86. The molecule has 0 aliphatic heterocycles. The Balaban J connectivity index is 0.000000212. The minimum Gasteiger partial charge on any atom is -0.800 e. The van der Waals surface area contributed by atoms with Gasteiger partial charge < -0.3 is 35.2 Å². The second kappa shape index (κ2) is 18.5. The van der Waals surface area contributed by atoms with E-state index >= 15 is 0 Å². The molecule has 0 bridgehead atoms. The maximum Gasteiger partial charge on any atom is 2.00 e. The second-order valence-electron chi connectivity index (χ2n) is 8.03. The Morgan fingerprint density at radius 2 is 0.805 bits per heavy atom. The number of hydrogen-bond donors (Lipinski definition) is 0.